The number of carbonyl (C=O) groups is 2. The summed E-state index contributed by atoms with van der Waals surface area (Å²) in [5, 5.41) is 0.919. The van der Waals surface area contributed by atoms with Crippen LogP contribution in [0, 0.1) is 6.92 Å². The van der Waals surface area contributed by atoms with E-state index in [2.05, 4.69) is 0 Å². The van der Waals surface area contributed by atoms with Gasteiger partial charge in [-0.05, 0) is 38.1 Å². The molecule has 0 N–H and O–H groups in total. The summed E-state index contributed by atoms with van der Waals surface area (Å²) < 4.78 is 8.59. The molecule has 0 bridgehead atoms. The van der Waals surface area contributed by atoms with Crippen molar-refractivity contribution in [3.63, 3.8) is 0 Å². The molecule has 118 valence electrons. The van der Waals surface area contributed by atoms with Gasteiger partial charge in [0.1, 0.15) is 5.78 Å². The summed E-state index contributed by atoms with van der Waals surface area (Å²) in [6.45, 7) is 3.64. The molecular formula is C18H18N2O3. The number of fused-ring (bicyclic) bond motifs is 1. The van der Waals surface area contributed by atoms with Crippen LogP contribution in [0.5, 0.6) is 0 Å². The van der Waals surface area contributed by atoms with Crippen LogP contribution in [0.1, 0.15) is 23.0 Å². The van der Waals surface area contributed by atoms with E-state index in [9.17, 15) is 9.59 Å². The Balaban J connectivity index is 2.44. The highest BCUT2D eigenvalue weighted by Gasteiger charge is 2.25. The fourth-order valence-electron chi connectivity index (χ4n) is 2.89. The number of rotatable bonds is 4. The number of Topliss-reactive ketones (excluding diaryl/α,β-unsaturated/α-hetero) is 1. The van der Waals surface area contributed by atoms with Crippen molar-refractivity contribution in [1.82, 2.24) is 9.13 Å². The zero-order chi connectivity index (χ0) is 16.6. The van der Waals surface area contributed by atoms with Crippen LogP contribution in [-0.4, -0.2) is 28.0 Å². The number of methoxy groups -OCH3 is 1. The van der Waals surface area contributed by atoms with Gasteiger partial charge in [-0.15, -0.1) is 0 Å². The minimum Gasteiger partial charge on any atom is -0.464 e. The van der Waals surface area contributed by atoms with Crippen molar-refractivity contribution in [3.8, 4) is 5.69 Å². The first-order valence-corrected chi connectivity index (χ1v) is 7.37. The number of hydrogen-bond acceptors (Lipinski definition) is 3. The Morgan fingerprint density at radius 2 is 1.87 bits per heavy atom. The van der Waals surface area contributed by atoms with Crippen LogP contribution in [0.3, 0.4) is 0 Å². The van der Waals surface area contributed by atoms with E-state index in [0.29, 0.717) is 5.69 Å². The summed E-state index contributed by atoms with van der Waals surface area (Å²) in [6, 6.07) is 9.72. The standard InChI is InChI=1S/C18H18N2O3/c1-12-6-7-15-14(10-12)16(19-8-4-5-9-19)17(18(22)23-3)20(15)11-13(2)21/h4-10H,11H2,1-3H3. The molecule has 0 aliphatic rings. The summed E-state index contributed by atoms with van der Waals surface area (Å²) in [7, 11) is 1.35. The third-order valence-corrected chi connectivity index (χ3v) is 3.81. The second-order valence-corrected chi connectivity index (χ2v) is 5.59. The normalized spacial score (nSPS) is 10.9. The molecule has 0 saturated heterocycles. The molecule has 0 saturated carbocycles. The summed E-state index contributed by atoms with van der Waals surface area (Å²) in [4.78, 5) is 24.1. The molecule has 0 radical (unpaired) electrons. The quantitative estimate of drug-likeness (QED) is 0.696. The largest absolute Gasteiger partial charge is 0.464 e. The van der Waals surface area contributed by atoms with E-state index < -0.39 is 5.97 Å². The Bertz CT molecular complexity index is 889. The van der Waals surface area contributed by atoms with Crippen LogP contribution in [-0.2, 0) is 16.1 Å². The molecule has 5 heteroatoms. The second-order valence-electron chi connectivity index (χ2n) is 5.59. The smallest absolute Gasteiger partial charge is 0.356 e. The number of nitrogens with zero attached hydrogens (tertiary/aromatic N) is 2. The second kappa shape index (κ2) is 5.76. The Labute approximate surface area is 134 Å². The third-order valence-electron chi connectivity index (χ3n) is 3.81. The molecule has 3 rings (SSSR count). The van der Waals surface area contributed by atoms with Gasteiger partial charge >= 0.3 is 5.97 Å². The lowest BCUT2D eigenvalue weighted by atomic mass is 10.1. The van der Waals surface area contributed by atoms with Crippen molar-refractivity contribution in [2.45, 2.75) is 20.4 Å². The van der Waals surface area contributed by atoms with E-state index in [1.807, 2.05) is 54.2 Å². The fourth-order valence-corrected chi connectivity index (χ4v) is 2.89. The minimum absolute atomic E-state index is 0.0216. The van der Waals surface area contributed by atoms with Crippen LogP contribution < -0.4 is 0 Å². The van der Waals surface area contributed by atoms with E-state index >= 15 is 0 Å². The Kier molecular flexibility index (Phi) is 3.78. The number of hydrogen-bond donors (Lipinski definition) is 0. The predicted octanol–water partition coefficient (Wildman–Crippen LogP) is 3.12. The van der Waals surface area contributed by atoms with Gasteiger partial charge in [0.05, 0.1) is 24.9 Å². The van der Waals surface area contributed by atoms with Gasteiger partial charge in [0.15, 0.2) is 5.69 Å². The van der Waals surface area contributed by atoms with Crippen LogP contribution in [0.2, 0.25) is 0 Å². The van der Waals surface area contributed by atoms with Crippen LogP contribution >= 0.6 is 0 Å². The van der Waals surface area contributed by atoms with Gasteiger partial charge in [-0.25, -0.2) is 4.79 Å². The van der Waals surface area contributed by atoms with Crippen LogP contribution in [0.15, 0.2) is 42.7 Å². The summed E-state index contributed by atoms with van der Waals surface area (Å²) >= 11 is 0. The molecule has 3 aromatic rings. The summed E-state index contributed by atoms with van der Waals surface area (Å²) in [5.41, 5.74) is 3.05. The van der Waals surface area contributed by atoms with Gasteiger partial charge in [-0.1, -0.05) is 11.6 Å². The first kappa shape index (κ1) is 15.1. The van der Waals surface area contributed by atoms with Gasteiger partial charge in [-0.3, -0.25) is 4.79 Å². The highest BCUT2D eigenvalue weighted by atomic mass is 16.5. The molecule has 0 amide bonds. The fraction of sp³-hybridized carbons (Fsp3) is 0.222. The molecule has 0 aliphatic heterocycles. The van der Waals surface area contributed by atoms with E-state index in [1.54, 1.807) is 4.57 Å². The molecule has 1 aromatic carbocycles. The zero-order valence-electron chi connectivity index (χ0n) is 13.4. The first-order valence-electron chi connectivity index (χ1n) is 7.37. The highest BCUT2D eigenvalue weighted by molar-refractivity contribution is 6.04. The minimum atomic E-state index is -0.455. The number of aryl methyl sites for hydroxylation is 1. The molecule has 2 heterocycles. The Hall–Kier alpha value is -2.82. The molecule has 0 fully saturated rings. The van der Waals surface area contributed by atoms with Crippen molar-refractivity contribution >= 4 is 22.7 Å². The van der Waals surface area contributed by atoms with Crippen molar-refractivity contribution < 1.29 is 14.3 Å². The average molecular weight is 310 g/mol. The van der Waals surface area contributed by atoms with Crippen LogP contribution in [0.4, 0.5) is 0 Å². The Morgan fingerprint density at radius 1 is 1.17 bits per heavy atom. The maximum Gasteiger partial charge on any atom is 0.356 e. The lowest BCUT2D eigenvalue weighted by molar-refractivity contribution is -0.117. The topological polar surface area (TPSA) is 53.2 Å². The van der Waals surface area contributed by atoms with Crippen molar-refractivity contribution in [3.05, 3.63) is 54.0 Å². The van der Waals surface area contributed by atoms with E-state index in [0.717, 1.165) is 22.2 Å². The lowest BCUT2D eigenvalue weighted by Crippen LogP contribution is -2.16. The summed E-state index contributed by atoms with van der Waals surface area (Å²) in [6.07, 6.45) is 3.75. The van der Waals surface area contributed by atoms with Crippen molar-refractivity contribution in [2.24, 2.45) is 0 Å². The Morgan fingerprint density at radius 3 is 2.48 bits per heavy atom. The molecule has 0 atom stereocenters. The van der Waals surface area contributed by atoms with Gasteiger partial charge in [-0.2, -0.15) is 0 Å². The third kappa shape index (κ3) is 2.54. The maximum atomic E-state index is 12.4. The van der Waals surface area contributed by atoms with Crippen molar-refractivity contribution in [1.29, 1.82) is 0 Å². The lowest BCUT2D eigenvalue weighted by Gasteiger charge is -2.09. The van der Waals surface area contributed by atoms with Gasteiger partial charge in [0.25, 0.3) is 0 Å². The average Bonchev–Trinajstić information content (AvgIpc) is 3.12. The number of esters is 1. The molecule has 0 aliphatic carbocycles. The predicted molar refractivity (Wildman–Crippen MR) is 88.0 cm³/mol. The highest BCUT2D eigenvalue weighted by Crippen LogP contribution is 2.31. The molecule has 23 heavy (non-hydrogen) atoms. The van der Waals surface area contributed by atoms with E-state index in [-0.39, 0.29) is 12.3 Å². The monoisotopic (exact) mass is 310 g/mol. The number of benzene rings is 1. The maximum absolute atomic E-state index is 12.4. The summed E-state index contributed by atoms with van der Waals surface area (Å²) in [5.74, 6) is -0.476. The van der Waals surface area contributed by atoms with Crippen LogP contribution in [0.25, 0.3) is 16.6 Å². The van der Waals surface area contributed by atoms with Gasteiger partial charge in [0.2, 0.25) is 0 Å². The molecule has 2 aromatic heterocycles. The number of carbonyl (C=O) groups excluding carboxylic acids is 2. The molecule has 5 nitrogen and oxygen atoms in total. The van der Waals surface area contributed by atoms with E-state index in [1.165, 1.54) is 14.0 Å². The molecular weight excluding hydrogens is 292 g/mol. The molecule has 0 unspecified atom stereocenters. The van der Waals surface area contributed by atoms with E-state index in [4.69, 9.17) is 4.74 Å². The number of ether oxygens (including phenoxy) is 1. The first-order chi connectivity index (χ1) is 11.0. The molecule has 0 spiro atoms. The van der Waals surface area contributed by atoms with Gasteiger partial charge < -0.3 is 13.9 Å². The number of aromatic nitrogens is 2. The SMILES string of the molecule is COC(=O)c1c(-n2cccc2)c2cc(C)ccc2n1CC(C)=O. The van der Waals surface area contributed by atoms with Crippen molar-refractivity contribution in [2.75, 3.05) is 7.11 Å². The zero-order valence-corrected chi connectivity index (χ0v) is 13.4. The van der Waals surface area contributed by atoms with Gasteiger partial charge in [0, 0.05) is 17.8 Å². The number of ketones is 1.